The molecule has 1 aliphatic heterocycles. The maximum atomic E-state index is 12.4. The number of benzene rings is 2. The molecule has 0 aromatic heterocycles. The van der Waals surface area contributed by atoms with Gasteiger partial charge >= 0.3 is 5.69 Å². The highest BCUT2D eigenvalue weighted by molar-refractivity contribution is 6.00. The molecule has 0 saturated heterocycles. The van der Waals surface area contributed by atoms with Crippen molar-refractivity contribution in [3.05, 3.63) is 63.7 Å². The number of carbonyl (C=O) groups is 2. The van der Waals surface area contributed by atoms with Crippen molar-refractivity contribution in [3.8, 4) is 5.75 Å². The van der Waals surface area contributed by atoms with E-state index in [1.165, 1.54) is 18.2 Å². The third-order valence-corrected chi connectivity index (χ3v) is 4.17. The topological polar surface area (TPSA) is 89.8 Å². The van der Waals surface area contributed by atoms with E-state index in [0.29, 0.717) is 18.4 Å². The number of fused-ring (bicyclic) bond motifs is 1. The summed E-state index contributed by atoms with van der Waals surface area (Å²) in [6.07, 6.45) is 0.999. The number of nitro benzene ring substituents is 1. The quantitative estimate of drug-likeness (QED) is 0.474. The Balaban J connectivity index is 1.75. The molecule has 7 heteroatoms. The van der Waals surface area contributed by atoms with Gasteiger partial charge in [-0.15, -0.1) is 0 Å². The lowest BCUT2D eigenvalue weighted by Gasteiger charge is -2.26. The van der Waals surface area contributed by atoms with Gasteiger partial charge in [0.15, 0.2) is 18.1 Å². The summed E-state index contributed by atoms with van der Waals surface area (Å²) in [5.74, 6) is -0.170. The smallest absolute Gasteiger partial charge is 0.310 e. The van der Waals surface area contributed by atoms with Crippen LogP contribution in [0.15, 0.2) is 42.5 Å². The number of anilines is 1. The molecular formula is C18H16N2O5. The van der Waals surface area contributed by atoms with Crippen molar-refractivity contribution in [2.45, 2.75) is 12.8 Å². The average Bonchev–Trinajstić information content (AvgIpc) is 2.62. The van der Waals surface area contributed by atoms with Crippen LogP contribution >= 0.6 is 0 Å². The zero-order chi connectivity index (χ0) is 18.0. The summed E-state index contributed by atoms with van der Waals surface area (Å²) in [6, 6.07) is 11.1. The minimum atomic E-state index is -0.550. The van der Waals surface area contributed by atoms with Gasteiger partial charge < -0.3 is 9.64 Å². The first-order valence-corrected chi connectivity index (χ1v) is 7.76. The van der Waals surface area contributed by atoms with Gasteiger partial charge in [-0.25, -0.2) is 0 Å². The van der Waals surface area contributed by atoms with E-state index in [4.69, 9.17) is 4.74 Å². The summed E-state index contributed by atoms with van der Waals surface area (Å²) in [5.41, 5.74) is 2.01. The van der Waals surface area contributed by atoms with Crippen LogP contribution in [0, 0.1) is 10.1 Å². The van der Waals surface area contributed by atoms with Crippen molar-refractivity contribution < 1.29 is 19.2 Å². The second kappa shape index (κ2) is 6.72. The number of para-hydroxylation sites is 2. The minimum Gasteiger partial charge on any atom is -0.478 e. The fourth-order valence-corrected chi connectivity index (χ4v) is 2.79. The summed E-state index contributed by atoms with van der Waals surface area (Å²) in [7, 11) is 1.71. The number of rotatable bonds is 5. The Labute approximate surface area is 144 Å². The first kappa shape index (κ1) is 16.6. The fraction of sp³-hybridized carbons (Fsp3) is 0.222. The lowest BCUT2D eigenvalue weighted by Crippen LogP contribution is -2.31. The summed E-state index contributed by atoms with van der Waals surface area (Å²) in [6.45, 7) is -0.293. The SMILES string of the molecule is CN1C(=O)CCc2cc(C(=O)COc3ccccc3[N+](=O)[O-])ccc21. The number of nitrogens with zero attached hydrogens (tertiary/aromatic N) is 2. The standard InChI is InChI=1S/C18H16N2O5/c1-19-14-8-6-13(10-12(14)7-9-18(19)22)16(21)11-25-17-5-3-2-4-15(17)20(23)24/h2-6,8,10H,7,9,11H2,1H3. The molecule has 0 bridgehead atoms. The number of nitro groups is 1. The van der Waals surface area contributed by atoms with Crippen LogP contribution in [0.5, 0.6) is 5.75 Å². The van der Waals surface area contributed by atoms with E-state index in [1.54, 1.807) is 36.2 Å². The van der Waals surface area contributed by atoms with E-state index in [-0.39, 0.29) is 29.7 Å². The lowest BCUT2D eigenvalue weighted by molar-refractivity contribution is -0.385. The molecule has 25 heavy (non-hydrogen) atoms. The molecule has 0 radical (unpaired) electrons. The zero-order valence-corrected chi connectivity index (χ0v) is 13.6. The van der Waals surface area contributed by atoms with Crippen molar-refractivity contribution >= 4 is 23.1 Å². The third kappa shape index (κ3) is 3.35. The largest absolute Gasteiger partial charge is 0.478 e. The Morgan fingerprint density at radius 1 is 1.24 bits per heavy atom. The van der Waals surface area contributed by atoms with Gasteiger partial charge in [-0.3, -0.25) is 19.7 Å². The number of carbonyl (C=O) groups excluding carboxylic acids is 2. The van der Waals surface area contributed by atoms with E-state index in [1.807, 2.05) is 0 Å². The molecule has 128 valence electrons. The van der Waals surface area contributed by atoms with Crippen LogP contribution in [0.4, 0.5) is 11.4 Å². The van der Waals surface area contributed by atoms with Crippen LogP contribution in [0.25, 0.3) is 0 Å². The summed E-state index contributed by atoms with van der Waals surface area (Å²) < 4.78 is 5.34. The number of hydrogen-bond acceptors (Lipinski definition) is 5. The molecule has 0 spiro atoms. The number of ether oxygens (including phenoxy) is 1. The molecule has 0 saturated carbocycles. The predicted molar refractivity (Wildman–Crippen MR) is 91.1 cm³/mol. The van der Waals surface area contributed by atoms with Crippen molar-refractivity contribution in [1.82, 2.24) is 0 Å². The van der Waals surface area contributed by atoms with Gasteiger partial charge in [0.05, 0.1) is 4.92 Å². The van der Waals surface area contributed by atoms with Crippen LogP contribution in [0.3, 0.4) is 0 Å². The number of Topliss-reactive ketones (excluding diaryl/α,β-unsaturated/α-hetero) is 1. The molecule has 7 nitrogen and oxygen atoms in total. The van der Waals surface area contributed by atoms with Crippen LogP contribution in [-0.2, 0) is 11.2 Å². The highest BCUT2D eigenvalue weighted by Gasteiger charge is 2.22. The number of ketones is 1. The van der Waals surface area contributed by atoms with Crippen LogP contribution in [-0.4, -0.2) is 30.3 Å². The van der Waals surface area contributed by atoms with Crippen molar-refractivity contribution in [1.29, 1.82) is 0 Å². The highest BCUT2D eigenvalue weighted by atomic mass is 16.6. The molecule has 0 fully saturated rings. The summed E-state index contributed by atoms with van der Waals surface area (Å²) in [4.78, 5) is 36.1. The number of aryl methyl sites for hydroxylation is 1. The molecular weight excluding hydrogens is 324 g/mol. The van der Waals surface area contributed by atoms with Gasteiger partial charge in [0.1, 0.15) is 0 Å². The molecule has 0 atom stereocenters. The van der Waals surface area contributed by atoms with Gasteiger partial charge in [-0.05, 0) is 36.2 Å². The first-order valence-electron chi connectivity index (χ1n) is 7.76. The van der Waals surface area contributed by atoms with E-state index in [0.717, 1.165) is 11.3 Å². The monoisotopic (exact) mass is 340 g/mol. The average molecular weight is 340 g/mol. The summed E-state index contributed by atoms with van der Waals surface area (Å²) >= 11 is 0. The van der Waals surface area contributed by atoms with Gasteiger partial charge in [0.2, 0.25) is 5.91 Å². The molecule has 1 aliphatic rings. The summed E-state index contributed by atoms with van der Waals surface area (Å²) in [5, 5.41) is 11.0. The van der Waals surface area contributed by atoms with E-state index < -0.39 is 4.92 Å². The van der Waals surface area contributed by atoms with E-state index in [2.05, 4.69) is 0 Å². The van der Waals surface area contributed by atoms with Crippen LogP contribution in [0.1, 0.15) is 22.3 Å². The van der Waals surface area contributed by atoms with Gasteiger partial charge in [0, 0.05) is 30.8 Å². The van der Waals surface area contributed by atoms with Crippen molar-refractivity contribution in [3.63, 3.8) is 0 Å². The second-order valence-corrected chi connectivity index (χ2v) is 5.73. The first-order chi connectivity index (χ1) is 12.0. The Bertz CT molecular complexity index is 862. The maximum Gasteiger partial charge on any atom is 0.310 e. The van der Waals surface area contributed by atoms with Gasteiger partial charge in [0.25, 0.3) is 0 Å². The molecule has 2 aromatic rings. The molecule has 0 N–H and O–H groups in total. The van der Waals surface area contributed by atoms with E-state index in [9.17, 15) is 19.7 Å². The Morgan fingerprint density at radius 3 is 2.76 bits per heavy atom. The van der Waals surface area contributed by atoms with Crippen molar-refractivity contribution in [2.75, 3.05) is 18.6 Å². The minimum absolute atomic E-state index is 0.0475. The molecule has 3 rings (SSSR count). The zero-order valence-electron chi connectivity index (χ0n) is 13.6. The Morgan fingerprint density at radius 2 is 2.00 bits per heavy atom. The number of hydrogen-bond donors (Lipinski definition) is 0. The van der Waals surface area contributed by atoms with E-state index >= 15 is 0 Å². The normalized spacial score (nSPS) is 13.3. The van der Waals surface area contributed by atoms with Gasteiger partial charge in [-0.2, -0.15) is 0 Å². The highest BCUT2D eigenvalue weighted by Crippen LogP contribution is 2.28. The molecule has 1 heterocycles. The third-order valence-electron chi connectivity index (χ3n) is 4.17. The molecule has 0 unspecified atom stereocenters. The predicted octanol–water partition coefficient (Wildman–Crippen LogP) is 2.77. The fourth-order valence-electron chi connectivity index (χ4n) is 2.79. The molecule has 0 aliphatic carbocycles. The maximum absolute atomic E-state index is 12.4. The second-order valence-electron chi connectivity index (χ2n) is 5.73. The Kier molecular flexibility index (Phi) is 4.47. The van der Waals surface area contributed by atoms with Crippen molar-refractivity contribution in [2.24, 2.45) is 0 Å². The lowest BCUT2D eigenvalue weighted by atomic mass is 9.98. The van der Waals surface area contributed by atoms with Crippen LogP contribution in [0.2, 0.25) is 0 Å². The molecule has 1 amide bonds. The molecule has 2 aromatic carbocycles. The number of amides is 1. The Hall–Kier alpha value is -3.22. The van der Waals surface area contributed by atoms with Crippen LogP contribution < -0.4 is 9.64 Å². The van der Waals surface area contributed by atoms with Gasteiger partial charge in [-0.1, -0.05) is 12.1 Å².